The van der Waals surface area contributed by atoms with Crippen molar-refractivity contribution >= 4 is 0 Å². The molecule has 1 fully saturated rings. The molecule has 2 aliphatic carbocycles. The summed E-state index contributed by atoms with van der Waals surface area (Å²) in [5.41, 5.74) is 8.18. The highest BCUT2D eigenvalue weighted by Gasteiger charge is 2.28. The second-order valence-corrected chi connectivity index (χ2v) is 6.39. The van der Waals surface area contributed by atoms with Crippen molar-refractivity contribution in [3.05, 3.63) is 11.6 Å². The van der Waals surface area contributed by atoms with Gasteiger partial charge in [0.05, 0.1) is 0 Å². The van der Waals surface area contributed by atoms with E-state index in [1.165, 1.54) is 38.5 Å². The van der Waals surface area contributed by atoms with Crippen LogP contribution < -0.4 is 5.73 Å². The predicted molar refractivity (Wildman–Crippen MR) is 65.6 cm³/mol. The van der Waals surface area contributed by atoms with Crippen molar-refractivity contribution in [2.45, 2.75) is 64.8 Å². The summed E-state index contributed by atoms with van der Waals surface area (Å²) in [6.07, 6.45) is 11.9. The standard InChI is InChI=1S/C14H25N/c1-14(2)9-12(8-13(15)10-14)7-11-5-3-4-6-11/h8,11,13H,3-7,9-10,15H2,1-2H3. The van der Waals surface area contributed by atoms with E-state index < -0.39 is 0 Å². The molecule has 0 aromatic carbocycles. The summed E-state index contributed by atoms with van der Waals surface area (Å²) in [7, 11) is 0. The van der Waals surface area contributed by atoms with E-state index >= 15 is 0 Å². The first kappa shape index (κ1) is 11.2. The van der Waals surface area contributed by atoms with Crippen molar-refractivity contribution in [1.29, 1.82) is 0 Å². The fourth-order valence-corrected chi connectivity index (χ4v) is 3.47. The van der Waals surface area contributed by atoms with Gasteiger partial charge in [0.2, 0.25) is 0 Å². The molecule has 2 N–H and O–H groups in total. The first-order chi connectivity index (χ1) is 7.05. The van der Waals surface area contributed by atoms with E-state index in [1.807, 2.05) is 0 Å². The molecule has 0 heterocycles. The van der Waals surface area contributed by atoms with Gasteiger partial charge in [-0.25, -0.2) is 0 Å². The molecule has 0 aromatic heterocycles. The van der Waals surface area contributed by atoms with Crippen molar-refractivity contribution in [2.75, 3.05) is 0 Å². The van der Waals surface area contributed by atoms with Crippen LogP contribution in [0, 0.1) is 11.3 Å². The monoisotopic (exact) mass is 207 g/mol. The maximum atomic E-state index is 6.10. The fraction of sp³-hybridized carbons (Fsp3) is 0.857. The lowest BCUT2D eigenvalue weighted by Crippen LogP contribution is -2.31. The molecule has 0 aromatic rings. The Morgan fingerprint density at radius 1 is 1.33 bits per heavy atom. The summed E-state index contributed by atoms with van der Waals surface area (Å²) < 4.78 is 0. The molecule has 0 amide bonds. The molecular weight excluding hydrogens is 182 g/mol. The minimum Gasteiger partial charge on any atom is -0.324 e. The van der Waals surface area contributed by atoms with Crippen molar-refractivity contribution < 1.29 is 0 Å². The SMILES string of the molecule is CC1(C)CC(CC2CCCC2)=CC(N)C1. The molecule has 15 heavy (non-hydrogen) atoms. The highest BCUT2D eigenvalue weighted by atomic mass is 14.6. The van der Waals surface area contributed by atoms with Gasteiger partial charge in [0.25, 0.3) is 0 Å². The van der Waals surface area contributed by atoms with Gasteiger partial charge in [-0.05, 0) is 30.6 Å². The minimum absolute atomic E-state index is 0.310. The van der Waals surface area contributed by atoms with Gasteiger partial charge in [0.1, 0.15) is 0 Å². The van der Waals surface area contributed by atoms with Gasteiger partial charge in [0.15, 0.2) is 0 Å². The summed E-state index contributed by atoms with van der Waals surface area (Å²) in [6.45, 7) is 4.71. The molecule has 2 aliphatic rings. The fourth-order valence-electron chi connectivity index (χ4n) is 3.47. The van der Waals surface area contributed by atoms with Crippen LogP contribution in [-0.4, -0.2) is 6.04 Å². The third-order valence-electron chi connectivity index (χ3n) is 3.97. The Morgan fingerprint density at radius 3 is 2.60 bits per heavy atom. The lowest BCUT2D eigenvalue weighted by molar-refractivity contribution is 0.292. The molecular formula is C14H25N. The summed E-state index contributed by atoms with van der Waals surface area (Å²) in [5.74, 6) is 0.970. The van der Waals surface area contributed by atoms with Gasteiger partial charge in [0, 0.05) is 6.04 Å². The van der Waals surface area contributed by atoms with Crippen molar-refractivity contribution in [1.82, 2.24) is 0 Å². The molecule has 0 spiro atoms. The molecule has 86 valence electrons. The van der Waals surface area contributed by atoms with Crippen LogP contribution >= 0.6 is 0 Å². The van der Waals surface area contributed by atoms with Crippen LogP contribution in [0.25, 0.3) is 0 Å². The molecule has 0 aliphatic heterocycles. The second kappa shape index (κ2) is 4.29. The Morgan fingerprint density at radius 2 is 2.00 bits per heavy atom. The van der Waals surface area contributed by atoms with Crippen LogP contribution in [0.3, 0.4) is 0 Å². The number of rotatable bonds is 2. The summed E-state index contributed by atoms with van der Waals surface area (Å²) in [5, 5.41) is 0. The average Bonchev–Trinajstić information content (AvgIpc) is 2.52. The van der Waals surface area contributed by atoms with Crippen LogP contribution in [0.15, 0.2) is 11.6 Å². The topological polar surface area (TPSA) is 26.0 Å². The van der Waals surface area contributed by atoms with E-state index in [1.54, 1.807) is 5.57 Å². The van der Waals surface area contributed by atoms with E-state index in [9.17, 15) is 0 Å². The Labute approximate surface area is 94.1 Å². The number of nitrogens with two attached hydrogens (primary N) is 1. The molecule has 1 heteroatoms. The first-order valence-electron chi connectivity index (χ1n) is 6.50. The highest BCUT2D eigenvalue weighted by Crippen LogP contribution is 2.39. The molecule has 0 saturated heterocycles. The Bertz CT molecular complexity index is 246. The predicted octanol–water partition coefficient (Wildman–Crippen LogP) is 3.64. The molecule has 1 atom stereocenters. The van der Waals surface area contributed by atoms with Crippen molar-refractivity contribution in [2.24, 2.45) is 17.1 Å². The third-order valence-corrected chi connectivity index (χ3v) is 3.97. The van der Waals surface area contributed by atoms with Gasteiger partial charge < -0.3 is 5.73 Å². The molecule has 1 saturated carbocycles. The number of hydrogen-bond acceptors (Lipinski definition) is 1. The van der Waals surface area contributed by atoms with Crippen LogP contribution in [0.1, 0.15) is 58.8 Å². The smallest absolute Gasteiger partial charge is 0.0231 e. The van der Waals surface area contributed by atoms with Gasteiger partial charge >= 0.3 is 0 Å². The van der Waals surface area contributed by atoms with Gasteiger partial charge in [-0.15, -0.1) is 0 Å². The average molecular weight is 207 g/mol. The Balaban J connectivity index is 1.95. The van der Waals surface area contributed by atoms with Crippen molar-refractivity contribution in [3.63, 3.8) is 0 Å². The zero-order valence-corrected chi connectivity index (χ0v) is 10.3. The maximum absolute atomic E-state index is 6.10. The van der Waals surface area contributed by atoms with Gasteiger partial charge in [-0.2, -0.15) is 0 Å². The Kier molecular flexibility index (Phi) is 3.20. The molecule has 0 bridgehead atoms. The zero-order valence-electron chi connectivity index (χ0n) is 10.3. The summed E-state index contributed by atoms with van der Waals surface area (Å²) >= 11 is 0. The van der Waals surface area contributed by atoms with Gasteiger partial charge in [-0.1, -0.05) is 51.2 Å². The second-order valence-electron chi connectivity index (χ2n) is 6.39. The molecule has 0 radical (unpaired) electrons. The van der Waals surface area contributed by atoms with Crippen LogP contribution in [-0.2, 0) is 0 Å². The maximum Gasteiger partial charge on any atom is 0.0231 e. The quantitative estimate of drug-likeness (QED) is 0.687. The van der Waals surface area contributed by atoms with Crippen LogP contribution in [0.2, 0.25) is 0 Å². The summed E-state index contributed by atoms with van der Waals surface area (Å²) in [6, 6.07) is 0.310. The van der Waals surface area contributed by atoms with E-state index in [2.05, 4.69) is 19.9 Å². The zero-order chi connectivity index (χ0) is 10.9. The lowest BCUT2D eigenvalue weighted by Gasteiger charge is -2.34. The van der Waals surface area contributed by atoms with Gasteiger partial charge in [-0.3, -0.25) is 0 Å². The van der Waals surface area contributed by atoms with E-state index in [4.69, 9.17) is 5.73 Å². The highest BCUT2D eigenvalue weighted by molar-refractivity contribution is 5.14. The lowest BCUT2D eigenvalue weighted by atomic mass is 9.73. The number of allylic oxidation sites excluding steroid dienone is 1. The van der Waals surface area contributed by atoms with E-state index in [-0.39, 0.29) is 0 Å². The largest absolute Gasteiger partial charge is 0.324 e. The van der Waals surface area contributed by atoms with Crippen LogP contribution in [0.5, 0.6) is 0 Å². The van der Waals surface area contributed by atoms with E-state index in [0.717, 1.165) is 12.3 Å². The minimum atomic E-state index is 0.310. The van der Waals surface area contributed by atoms with Crippen LogP contribution in [0.4, 0.5) is 0 Å². The first-order valence-corrected chi connectivity index (χ1v) is 6.50. The molecule has 1 unspecified atom stereocenters. The normalized spacial score (nSPS) is 31.7. The molecule has 1 nitrogen and oxygen atoms in total. The Hall–Kier alpha value is -0.300. The third kappa shape index (κ3) is 3.07. The van der Waals surface area contributed by atoms with E-state index in [0.29, 0.717) is 11.5 Å². The summed E-state index contributed by atoms with van der Waals surface area (Å²) in [4.78, 5) is 0. The molecule has 2 rings (SSSR count). The number of hydrogen-bond donors (Lipinski definition) is 1. The van der Waals surface area contributed by atoms with Crippen molar-refractivity contribution in [3.8, 4) is 0 Å².